The van der Waals surface area contributed by atoms with Gasteiger partial charge < -0.3 is 9.72 Å². The molecule has 66 valence electrons. The summed E-state index contributed by atoms with van der Waals surface area (Å²) < 4.78 is 5.19. The molecule has 0 bridgehead atoms. The van der Waals surface area contributed by atoms with Gasteiger partial charge in [-0.3, -0.25) is 4.79 Å². The second-order valence-corrected chi connectivity index (χ2v) is 2.52. The van der Waals surface area contributed by atoms with E-state index in [2.05, 4.69) is 9.97 Å². The Balaban J connectivity index is 2.79. The lowest BCUT2D eigenvalue weighted by atomic mass is 10.5. The fourth-order valence-electron chi connectivity index (χ4n) is 0.833. The van der Waals surface area contributed by atoms with Crippen LogP contribution in [0.2, 0.25) is 0 Å². The molecule has 0 spiro atoms. The number of ether oxygens (including phenoxy) is 1. The Morgan fingerprint density at radius 2 is 2.42 bits per heavy atom. The van der Waals surface area contributed by atoms with Crippen LogP contribution >= 0.6 is 0 Å². The fraction of sp³-hybridized carbons (Fsp3) is 0.500. The Bertz CT molecular complexity index is 306. The summed E-state index contributed by atoms with van der Waals surface area (Å²) in [6.07, 6.45) is 0.910. The van der Waals surface area contributed by atoms with Crippen LogP contribution in [0, 0.1) is 6.92 Å². The zero-order valence-corrected chi connectivity index (χ0v) is 7.26. The summed E-state index contributed by atoms with van der Waals surface area (Å²) in [4.78, 5) is 17.4. The van der Waals surface area contributed by atoms with Crippen LogP contribution in [-0.2, 0) is 0 Å². The van der Waals surface area contributed by atoms with Gasteiger partial charge in [0.05, 0.1) is 12.7 Å². The average Bonchev–Trinajstić information content (AvgIpc) is 1.99. The van der Waals surface area contributed by atoms with Gasteiger partial charge in [0, 0.05) is 0 Å². The van der Waals surface area contributed by atoms with Crippen LogP contribution in [0.25, 0.3) is 0 Å². The minimum atomic E-state index is -0.173. The van der Waals surface area contributed by atoms with Crippen molar-refractivity contribution in [1.82, 2.24) is 9.97 Å². The van der Waals surface area contributed by atoms with Crippen LogP contribution in [-0.4, -0.2) is 16.6 Å². The Kier molecular flexibility index (Phi) is 2.85. The lowest BCUT2D eigenvalue weighted by Crippen LogP contribution is -2.10. The van der Waals surface area contributed by atoms with E-state index in [1.54, 1.807) is 6.92 Å². The van der Waals surface area contributed by atoms with E-state index in [4.69, 9.17) is 4.74 Å². The Morgan fingerprint density at radius 1 is 1.67 bits per heavy atom. The Morgan fingerprint density at radius 3 is 3.00 bits per heavy atom. The van der Waals surface area contributed by atoms with Crippen LogP contribution in [0.1, 0.15) is 19.2 Å². The van der Waals surface area contributed by atoms with E-state index in [0.717, 1.165) is 6.42 Å². The molecule has 0 saturated heterocycles. The van der Waals surface area contributed by atoms with Crippen molar-refractivity contribution in [2.75, 3.05) is 6.61 Å². The molecule has 0 radical (unpaired) electrons. The molecule has 1 rings (SSSR count). The summed E-state index contributed by atoms with van der Waals surface area (Å²) in [7, 11) is 0. The van der Waals surface area contributed by atoms with Gasteiger partial charge in [0.2, 0.25) is 5.88 Å². The first-order chi connectivity index (χ1) is 5.72. The molecule has 4 nitrogen and oxygen atoms in total. The van der Waals surface area contributed by atoms with Crippen LogP contribution in [0.3, 0.4) is 0 Å². The second-order valence-electron chi connectivity index (χ2n) is 2.52. The van der Waals surface area contributed by atoms with Crippen molar-refractivity contribution in [2.45, 2.75) is 20.3 Å². The maximum absolute atomic E-state index is 10.9. The van der Waals surface area contributed by atoms with Crippen LogP contribution in [0.4, 0.5) is 0 Å². The second kappa shape index (κ2) is 3.90. The monoisotopic (exact) mass is 168 g/mol. The zero-order chi connectivity index (χ0) is 8.97. The number of hydrogen-bond acceptors (Lipinski definition) is 3. The van der Waals surface area contributed by atoms with E-state index in [-0.39, 0.29) is 5.56 Å². The maximum atomic E-state index is 10.9. The minimum absolute atomic E-state index is 0.173. The summed E-state index contributed by atoms with van der Waals surface area (Å²) in [5.41, 5.74) is -0.173. The molecular weight excluding hydrogens is 156 g/mol. The number of nitrogens with one attached hydrogen (secondary N) is 1. The third-order valence-electron chi connectivity index (χ3n) is 1.29. The quantitative estimate of drug-likeness (QED) is 0.728. The largest absolute Gasteiger partial charge is 0.477 e. The first-order valence-electron chi connectivity index (χ1n) is 3.93. The van der Waals surface area contributed by atoms with E-state index in [1.165, 1.54) is 6.07 Å². The van der Waals surface area contributed by atoms with Crippen molar-refractivity contribution in [2.24, 2.45) is 0 Å². The number of aromatic nitrogens is 2. The summed E-state index contributed by atoms with van der Waals surface area (Å²) in [5, 5.41) is 0. The van der Waals surface area contributed by atoms with Crippen molar-refractivity contribution in [1.29, 1.82) is 0 Å². The van der Waals surface area contributed by atoms with E-state index >= 15 is 0 Å². The molecule has 1 heterocycles. The lowest BCUT2D eigenvalue weighted by Gasteiger charge is -2.02. The van der Waals surface area contributed by atoms with Crippen molar-refractivity contribution < 1.29 is 4.74 Å². The zero-order valence-electron chi connectivity index (χ0n) is 7.26. The predicted octanol–water partition coefficient (Wildman–Crippen LogP) is 0.867. The molecule has 0 aliphatic heterocycles. The van der Waals surface area contributed by atoms with Crippen LogP contribution in [0.5, 0.6) is 5.88 Å². The van der Waals surface area contributed by atoms with Gasteiger partial charge in [-0.1, -0.05) is 6.92 Å². The first-order valence-corrected chi connectivity index (χ1v) is 3.93. The maximum Gasteiger partial charge on any atom is 0.254 e. The lowest BCUT2D eigenvalue weighted by molar-refractivity contribution is 0.303. The number of rotatable bonds is 3. The highest BCUT2D eigenvalue weighted by atomic mass is 16.5. The van der Waals surface area contributed by atoms with Gasteiger partial charge in [-0.15, -0.1) is 0 Å². The molecule has 0 fully saturated rings. The van der Waals surface area contributed by atoms with Crippen molar-refractivity contribution in [3.05, 3.63) is 22.2 Å². The van der Waals surface area contributed by atoms with Crippen molar-refractivity contribution in [3.63, 3.8) is 0 Å². The molecule has 0 aromatic carbocycles. The van der Waals surface area contributed by atoms with Gasteiger partial charge in [-0.05, 0) is 13.3 Å². The van der Waals surface area contributed by atoms with Crippen molar-refractivity contribution in [3.8, 4) is 5.88 Å². The third-order valence-corrected chi connectivity index (χ3v) is 1.29. The Hall–Kier alpha value is -1.32. The van der Waals surface area contributed by atoms with Gasteiger partial charge in [-0.25, -0.2) is 4.98 Å². The van der Waals surface area contributed by atoms with Crippen molar-refractivity contribution >= 4 is 0 Å². The molecule has 0 atom stereocenters. The van der Waals surface area contributed by atoms with Gasteiger partial charge >= 0.3 is 0 Å². The van der Waals surface area contributed by atoms with E-state index < -0.39 is 0 Å². The molecule has 0 amide bonds. The van der Waals surface area contributed by atoms with E-state index in [9.17, 15) is 4.79 Å². The Labute approximate surface area is 70.6 Å². The molecular formula is C8H12N2O2. The highest BCUT2D eigenvalue weighted by Crippen LogP contribution is 2.01. The van der Waals surface area contributed by atoms with E-state index in [1.807, 2.05) is 6.92 Å². The van der Waals surface area contributed by atoms with Gasteiger partial charge in [0.1, 0.15) is 5.82 Å². The molecule has 0 aliphatic rings. The summed E-state index contributed by atoms with van der Waals surface area (Å²) >= 11 is 0. The number of H-pyrrole nitrogens is 1. The first kappa shape index (κ1) is 8.77. The number of hydrogen-bond donors (Lipinski definition) is 1. The average molecular weight is 168 g/mol. The summed E-state index contributed by atoms with van der Waals surface area (Å²) in [6.45, 7) is 4.32. The summed E-state index contributed by atoms with van der Waals surface area (Å²) in [5.74, 6) is 0.978. The molecule has 12 heavy (non-hydrogen) atoms. The van der Waals surface area contributed by atoms with Crippen LogP contribution in [0.15, 0.2) is 10.9 Å². The van der Waals surface area contributed by atoms with Gasteiger partial charge in [-0.2, -0.15) is 0 Å². The normalized spacial score (nSPS) is 9.83. The highest BCUT2D eigenvalue weighted by Gasteiger charge is 1.96. The minimum Gasteiger partial charge on any atom is -0.477 e. The molecule has 1 aromatic rings. The predicted molar refractivity (Wildman–Crippen MR) is 45.4 cm³/mol. The molecule has 0 unspecified atom stereocenters. The summed E-state index contributed by atoms with van der Waals surface area (Å²) in [6, 6.07) is 1.35. The molecule has 4 heteroatoms. The number of nitrogens with zero attached hydrogens (tertiary/aromatic N) is 1. The molecule has 0 saturated carbocycles. The molecule has 1 N–H and O–H groups in total. The number of aromatic amines is 1. The number of aryl methyl sites for hydroxylation is 1. The van der Waals surface area contributed by atoms with Gasteiger partial charge in [0.15, 0.2) is 0 Å². The molecule has 0 aliphatic carbocycles. The SMILES string of the molecule is CCCOc1cc(=O)[nH]c(C)n1. The van der Waals surface area contributed by atoms with E-state index in [0.29, 0.717) is 18.3 Å². The smallest absolute Gasteiger partial charge is 0.254 e. The molecule has 1 aromatic heterocycles. The fourth-order valence-corrected chi connectivity index (χ4v) is 0.833. The topological polar surface area (TPSA) is 55.0 Å². The highest BCUT2D eigenvalue weighted by molar-refractivity contribution is 5.07. The van der Waals surface area contributed by atoms with Crippen LogP contribution < -0.4 is 10.3 Å². The standard InChI is InChI=1S/C8H12N2O2/c1-3-4-12-8-5-7(11)9-6(2)10-8/h5H,3-4H2,1-2H3,(H,9,10,11). The third kappa shape index (κ3) is 2.38. The van der Waals surface area contributed by atoms with Gasteiger partial charge in [0.25, 0.3) is 5.56 Å².